The van der Waals surface area contributed by atoms with Crippen LogP contribution in [0.5, 0.6) is 0 Å². The number of rotatable bonds is 8. The fourth-order valence-electron chi connectivity index (χ4n) is 1.66. The molecule has 0 amide bonds. The predicted octanol–water partition coefficient (Wildman–Crippen LogP) is 1.85. The minimum atomic E-state index is -4.02. The van der Waals surface area contributed by atoms with Gasteiger partial charge in [-0.15, -0.1) is 0 Å². The highest BCUT2D eigenvalue weighted by atomic mass is 35.5. The number of benzene rings is 1. The van der Waals surface area contributed by atoms with E-state index in [-0.39, 0.29) is 21.4 Å². The van der Waals surface area contributed by atoms with Crippen LogP contribution in [-0.2, 0) is 14.8 Å². The van der Waals surface area contributed by atoms with Crippen molar-refractivity contribution in [3.8, 4) is 0 Å². The SMILES string of the molecule is NCCCC[C@H](NS(=O)(=O)c1cc(Cl)cc(Cl)c1)C(=O)O. The molecule has 0 unspecified atom stereocenters. The number of hydrogen-bond acceptors (Lipinski definition) is 4. The standard InChI is InChI=1S/C12H16Cl2N2O4S/c13-8-5-9(14)7-10(6-8)21(19,20)16-11(12(17)18)3-1-2-4-15/h5-7,11,16H,1-4,15H2,(H,17,18)/t11-/m0/s1. The molecule has 1 aromatic carbocycles. The van der Waals surface area contributed by atoms with E-state index in [0.29, 0.717) is 19.4 Å². The maximum Gasteiger partial charge on any atom is 0.321 e. The summed E-state index contributed by atoms with van der Waals surface area (Å²) >= 11 is 11.5. The van der Waals surface area contributed by atoms with Crippen molar-refractivity contribution in [2.75, 3.05) is 6.54 Å². The number of carboxylic acids is 1. The van der Waals surface area contributed by atoms with E-state index in [2.05, 4.69) is 4.72 Å². The molecule has 118 valence electrons. The fourth-order valence-corrected chi connectivity index (χ4v) is 3.61. The summed E-state index contributed by atoms with van der Waals surface area (Å²) in [6.45, 7) is 0.420. The van der Waals surface area contributed by atoms with Gasteiger partial charge in [-0.1, -0.05) is 29.6 Å². The number of nitrogens with two attached hydrogens (primary N) is 1. The number of carboxylic acid groups (broad SMARTS) is 1. The highest BCUT2D eigenvalue weighted by Crippen LogP contribution is 2.22. The molecule has 0 aromatic heterocycles. The first kappa shape index (κ1) is 18.2. The minimum absolute atomic E-state index is 0.151. The number of carbonyl (C=O) groups is 1. The highest BCUT2D eigenvalue weighted by Gasteiger charge is 2.25. The van der Waals surface area contributed by atoms with Crippen LogP contribution in [0.3, 0.4) is 0 Å². The van der Waals surface area contributed by atoms with Crippen LogP contribution in [0.15, 0.2) is 23.1 Å². The van der Waals surface area contributed by atoms with Gasteiger partial charge in [-0.25, -0.2) is 8.42 Å². The lowest BCUT2D eigenvalue weighted by atomic mass is 10.1. The first-order valence-corrected chi connectivity index (χ1v) is 8.41. The summed E-state index contributed by atoms with van der Waals surface area (Å²) in [6.07, 6.45) is 1.28. The molecule has 0 aliphatic carbocycles. The van der Waals surface area contributed by atoms with Crippen molar-refractivity contribution in [1.82, 2.24) is 4.72 Å². The summed E-state index contributed by atoms with van der Waals surface area (Å²) in [5, 5.41) is 9.38. The van der Waals surface area contributed by atoms with Gasteiger partial charge in [0.1, 0.15) is 6.04 Å². The van der Waals surface area contributed by atoms with E-state index in [1.807, 2.05) is 0 Å². The molecule has 0 aliphatic rings. The van der Waals surface area contributed by atoms with E-state index in [1.54, 1.807) is 0 Å². The van der Waals surface area contributed by atoms with Crippen molar-refractivity contribution in [3.05, 3.63) is 28.2 Å². The van der Waals surface area contributed by atoms with Gasteiger partial charge in [-0.05, 0) is 37.6 Å². The summed E-state index contributed by atoms with van der Waals surface area (Å²) in [6, 6.07) is 2.57. The monoisotopic (exact) mass is 354 g/mol. The number of halogens is 2. The molecule has 9 heteroatoms. The van der Waals surface area contributed by atoms with Crippen molar-refractivity contribution in [2.45, 2.75) is 30.2 Å². The van der Waals surface area contributed by atoms with Gasteiger partial charge in [-0.2, -0.15) is 4.72 Å². The zero-order valence-electron chi connectivity index (χ0n) is 11.1. The Morgan fingerprint density at radius 1 is 1.24 bits per heavy atom. The molecule has 6 nitrogen and oxygen atoms in total. The van der Waals surface area contributed by atoms with E-state index in [0.717, 1.165) is 0 Å². The van der Waals surface area contributed by atoms with E-state index < -0.39 is 22.0 Å². The lowest BCUT2D eigenvalue weighted by molar-refractivity contribution is -0.139. The maximum absolute atomic E-state index is 12.2. The zero-order chi connectivity index (χ0) is 16.0. The van der Waals surface area contributed by atoms with Gasteiger partial charge in [0.2, 0.25) is 10.0 Å². The van der Waals surface area contributed by atoms with E-state index in [4.69, 9.17) is 34.0 Å². The molecular weight excluding hydrogens is 339 g/mol. The van der Waals surface area contributed by atoms with Crippen LogP contribution in [0.2, 0.25) is 10.0 Å². The Balaban J connectivity index is 2.92. The fraction of sp³-hybridized carbons (Fsp3) is 0.417. The van der Waals surface area contributed by atoms with Crippen LogP contribution >= 0.6 is 23.2 Å². The molecule has 1 atom stereocenters. The highest BCUT2D eigenvalue weighted by molar-refractivity contribution is 7.89. The smallest absolute Gasteiger partial charge is 0.321 e. The Kier molecular flexibility index (Phi) is 6.89. The first-order chi connectivity index (χ1) is 9.76. The van der Waals surface area contributed by atoms with Crippen LogP contribution in [0.25, 0.3) is 0 Å². The number of unbranched alkanes of at least 4 members (excludes halogenated alkanes) is 1. The quantitative estimate of drug-likeness (QED) is 0.617. The third-order valence-electron chi connectivity index (χ3n) is 2.69. The molecule has 0 radical (unpaired) electrons. The molecule has 21 heavy (non-hydrogen) atoms. The summed E-state index contributed by atoms with van der Waals surface area (Å²) in [5.74, 6) is -1.25. The van der Waals surface area contributed by atoms with Crippen LogP contribution in [0, 0.1) is 0 Å². The number of sulfonamides is 1. The second kappa shape index (κ2) is 7.95. The maximum atomic E-state index is 12.2. The summed E-state index contributed by atoms with van der Waals surface area (Å²) < 4.78 is 26.5. The third-order valence-corrected chi connectivity index (χ3v) is 4.58. The van der Waals surface area contributed by atoms with Crippen molar-refractivity contribution in [2.24, 2.45) is 5.73 Å². The van der Waals surface area contributed by atoms with Gasteiger partial charge in [0.05, 0.1) is 4.90 Å². The molecule has 0 bridgehead atoms. The van der Waals surface area contributed by atoms with Crippen LogP contribution in [-0.4, -0.2) is 32.1 Å². The van der Waals surface area contributed by atoms with Gasteiger partial charge < -0.3 is 10.8 Å². The third kappa shape index (κ3) is 5.80. The predicted molar refractivity (Wildman–Crippen MR) is 81.1 cm³/mol. The lowest BCUT2D eigenvalue weighted by Crippen LogP contribution is -2.40. The molecular formula is C12H16Cl2N2O4S. The van der Waals surface area contributed by atoms with Crippen molar-refractivity contribution in [1.29, 1.82) is 0 Å². The lowest BCUT2D eigenvalue weighted by Gasteiger charge is -2.15. The Bertz CT molecular complexity index is 587. The molecule has 0 spiro atoms. The Hall–Kier alpha value is -0.860. The number of nitrogens with one attached hydrogen (secondary N) is 1. The topological polar surface area (TPSA) is 109 Å². The van der Waals surface area contributed by atoms with Crippen molar-refractivity contribution >= 4 is 39.2 Å². The Morgan fingerprint density at radius 2 is 1.81 bits per heavy atom. The van der Waals surface area contributed by atoms with Gasteiger partial charge >= 0.3 is 5.97 Å². The zero-order valence-corrected chi connectivity index (χ0v) is 13.4. The van der Waals surface area contributed by atoms with E-state index in [9.17, 15) is 13.2 Å². The Labute approximate surface area is 133 Å². The van der Waals surface area contributed by atoms with Crippen LogP contribution in [0.4, 0.5) is 0 Å². The molecule has 4 N–H and O–H groups in total. The minimum Gasteiger partial charge on any atom is -0.480 e. The van der Waals surface area contributed by atoms with Crippen LogP contribution < -0.4 is 10.5 Å². The summed E-state index contributed by atoms with van der Waals surface area (Å²) in [5.41, 5.74) is 5.33. The Morgan fingerprint density at radius 3 is 2.29 bits per heavy atom. The second-order valence-electron chi connectivity index (χ2n) is 4.40. The summed E-state index contributed by atoms with van der Waals surface area (Å²) in [7, 11) is -4.02. The molecule has 0 saturated carbocycles. The van der Waals surface area contributed by atoms with Gasteiger partial charge in [0.15, 0.2) is 0 Å². The van der Waals surface area contributed by atoms with E-state index in [1.165, 1.54) is 18.2 Å². The number of hydrogen-bond donors (Lipinski definition) is 3. The second-order valence-corrected chi connectivity index (χ2v) is 6.99. The average molecular weight is 355 g/mol. The normalized spacial score (nSPS) is 13.1. The molecule has 1 aromatic rings. The van der Waals surface area contributed by atoms with Crippen molar-refractivity contribution < 1.29 is 18.3 Å². The first-order valence-electron chi connectivity index (χ1n) is 6.17. The molecule has 0 fully saturated rings. The van der Waals surface area contributed by atoms with E-state index >= 15 is 0 Å². The molecule has 0 saturated heterocycles. The molecule has 0 aliphatic heterocycles. The van der Waals surface area contributed by atoms with Crippen LogP contribution in [0.1, 0.15) is 19.3 Å². The van der Waals surface area contributed by atoms with Gasteiger partial charge in [0, 0.05) is 10.0 Å². The molecule has 1 rings (SSSR count). The van der Waals surface area contributed by atoms with Gasteiger partial charge in [0.25, 0.3) is 0 Å². The van der Waals surface area contributed by atoms with Crippen molar-refractivity contribution in [3.63, 3.8) is 0 Å². The summed E-state index contributed by atoms with van der Waals surface area (Å²) in [4.78, 5) is 11.0. The van der Waals surface area contributed by atoms with Gasteiger partial charge in [-0.3, -0.25) is 4.79 Å². The largest absolute Gasteiger partial charge is 0.480 e. The average Bonchev–Trinajstić information content (AvgIpc) is 2.36. The number of aliphatic carboxylic acids is 1. The molecule has 0 heterocycles.